The number of esters is 1. The number of hydrogen-bond donors (Lipinski definition) is 0. The van der Waals surface area contributed by atoms with Crippen LogP contribution in [0.1, 0.15) is 18.4 Å². The molecule has 0 heterocycles. The van der Waals surface area contributed by atoms with Crippen LogP contribution >= 0.6 is 0 Å². The number of ether oxygens (including phenoxy) is 1. The van der Waals surface area contributed by atoms with E-state index >= 15 is 0 Å². The average Bonchev–Trinajstić information content (AvgIpc) is 2.45. The molecule has 0 spiro atoms. The zero-order chi connectivity index (χ0) is 15.1. The molecule has 0 aromatic heterocycles. The highest BCUT2D eigenvalue weighted by atomic mass is 19.2. The molecule has 4 nitrogen and oxygen atoms in total. The van der Waals surface area contributed by atoms with Crippen molar-refractivity contribution >= 4 is 11.9 Å². The Morgan fingerprint density at radius 2 is 1.90 bits per heavy atom. The average molecular weight is 285 g/mol. The minimum atomic E-state index is -0.922. The van der Waals surface area contributed by atoms with Crippen LogP contribution in [0.4, 0.5) is 8.78 Å². The molecule has 20 heavy (non-hydrogen) atoms. The lowest BCUT2D eigenvalue weighted by Gasteiger charge is -2.16. The van der Waals surface area contributed by atoms with E-state index in [-0.39, 0.29) is 31.3 Å². The number of carbonyl (C=O) groups excluding carboxylic acids is 2. The Hall–Kier alpha value is -1.98. The van der Waals surface area contributed by atoms with Gasteiger partial charge in [-0.15, -0.1) is 0 Å². The molecule has 0 N–H and O–H groups in total. The zero-order valence-electron chi connectivity index (χ0n) is 11.5. The minimum Gasteiger partial charge on any atom is -0.469 e. The van der Waals surface area contributed by atoms with Gasteiger partial charge in [-0.2, -0.15) is 0 Å². The van der Waals surface area contributed by atoms with Gasteiger partial charge in [-0.3, -0.25) is 9.59 Å². The molecule has 0 bridgehead atoms. The molecular weight excluding hydrogens is 268 g/mol. The topological polar surface area (TPSA) is 46.6 Å². The highest BCUT2D eigenvalue weighted by Gasteiger charge is 2.11. The van der Waals surface area contributed by atoms with Crippen LogP contribution in [0.25, 0.3) is 0 Å². The van der Waals surface area contributed by atoms with Crippen molar-refractivity contribution < 1.29 is 23.1 Å². The normalized spacial score (nSPS) is 10.2. The summed E-state index contributed by atoms with van der Waals surface area (Å²) in [4.78, 5) is 24.1. The molecule has 0 aliphatic rings. The van der Waals surface area contributed by atoms with Crippen LogP contribution < -0.4 is 0 Å². The maximum absolute atomic E-state index is 13.0. The monoisotopic (exact) mass is 285 g/mol. The summed E-state index contributed by atoms with van der Waals surface area (Å²) in [7, 11) is 2.86. The lowest BCUT2D eigenvalue weighted by atomic mass is 10.1. The van der Waals surface area contributed by atoms with Crippen molar-refractivity contribution in [1.82, 2.24) is 4.90 Å². The number of aryl methyl sites for hydroxylation is 1. The van der Waals surface area contributed by atoms with Gasteiger partial charge in [0.15, 0.2) is 11.6 Å². The third kappa shape index (κ3) is 4.95. The number of halogens is 2. The maximum Gasteiger partial charge on any atom is 0.307 e. The minimum absolute atomic E-state index is 0.129. The predicted molar refractivity (Wildman–Crippen MR) is 68.9 cm³/mol. The second-order valence-electron chi connectivity index (χ2n) is 4.39. The van der Waals surface area contributed by atoms with E-state index in [0.717, 1.165) is 12.1 Å². The first-order valence-corrected chi connectivity index (χ1v) is 6.18. The fraction of sp³-hybridized carbons (Fsp3) is 0.429. The van der Waals surface area contributed by atoms with Gasteiger partial charge in [0.1, 0.15) is 0 Å². The summed E-state index contributed by atoms with van der Waals surface area (Å²) in [6.07, 6.45) is 0.616. The lowest BCUT2D eigenvalue weighted by Crippen LogP contribution is -2.29. The van der Waals surface area contributed by atoms with E-state index < -0.39 is 11.6 Å². The standard InChI is InChI=1S/C14H17F2NO3/c1-17(8-7-14(19)20-2)13(18)6-4-10-3-5-11(15)12(16)9-10/h3,5,9H,4,6-8H2,1-2H3. The summed E-state index contributed by atoms with van der Waals surface area (Å²) in [5.41, 5.74) is 0.554. The van der Waals surface area contributed by atoms with Crippen LogP contribution in [0.3, 0.4) is 0 Å². The van der Waals surface area contributed by atoms with Crippen LogP contribution in [0.5, 0.6) is 0 Å². The molecule has 0 saturated heterocycles. The van der Waals surface area contributed by atoms with Crippen molar-refractivity contribution in [3.63, 3.8) is 0 Å². The first-order chi connectivity index (χ1) is 9.43. The van der Waals surface area contributed by atoms with Crippen LogP contribution in [-0.4, -0.2) is 37.5 Å². The van der Waals surface area contributed by atoms with Gasteiger partial charge in [-0.25, -0.2) is 8.78 Å². The first-order valence-electron chi connectivity index (χ1n) is 6.18. The van der Waals surface area contributed by atoms with Crippen LogP contribution in [-0.2, 0) is 20.7 Å². The highest BCUT2D eigenvalue weighted by molar-refractivity contribution is 5.77. The van der Waals surface area contributed by atoms with Gasteiger partial charge in [0, 0.05) is 20.0 Å². The van der Waals surface area contributed by atoms with Crippen molar-refractivity contribution in [2.24, 2.45) is 0 Å². The number of benzene rings is 1. The van der Waals surface area contributed by atoms with Crippen molar-refractivity contribution in [2.45, 2.75) is 19.3 Å². The van der Waals surface area contributed by atoms with Crippen molar-refractivity contribution in [1.29, 1.82) is 0 Å². The number of amides is 1. The van der Waals surface area contributed by atoms with Gasteiger partial charge in [-0.05, 0) is 24.1 Å². The molecule has 1 amide bonds. The number of methoxy groups -OCH3 is 1. The number of rotatable bonds is 6. The van der Waals surface area contributed by atoms with Gasteiger partial charge in [0.05, 0.1) is 13.5 Å². The Balaban J connectivity index is 2.42. The Kier molecular flexibility index (Phi) is 6.09. The van der Waals surface area contributed by atoms with Gasteiger partial charge in [0.25, 0.3) is 0 Å². The summed E-state index contributed by atoms with van der Waals surface area (Å²) < 4.78 is 30.2. The maximum atomic E-state index is 13.0. The van der Waals surface area contributed by atoms with Gasteiger partial charge in [0.2, 0.25) is 5.91 Å². The summed E-state index contributed by atoms with van der Waals surface area (Å²) in [5.74, 6) is -2.38. The molecule has 6 heteroatoms. The SMILES string of the molecule is COC(=O)CCN(C)C(=O)CCc1ccc(F)c(F)c1. The molecule has 0 saturated carbocycles. The fourth-order valence-electron chi connectivity index (χ4n) is 1.62. The molecule has 0 fully saturated rings. The summed E-state index contributed by atoms with van der Waals surface area (Å²) in [6, 6.07) is 3.56. The van der Waals surface area contributed by atoms with Crippen molar-refractivity contribution in [2.75, 3.05) is 20.7 Å². The van der Waals surface area contributed by atoms with Gasteiger partial charge >= 0.3 is 5.97 Å². The largest absolute Gasteiger partial charge is 0.469 e. The number of carbonyl (C=O) groups is 2. The van der Waals surface area contributed by atoms with Crippen molar-refractivity contribution in [3.05, 3.63) is 35.4 Å². The first kappa shape index (κ1) is 16.1. The summed E-state index contributed by atoms with van der Waals surface area (Å²) >= 11 is 0. The van der Waals surface area contributed by atoms with Crippen LogP contribution in [0.15, 0.2) is 18.2 Å². The third-order valence-electron chi connectivity index (χ3n) is 2.92. The van der Waals surface area contributed by atoms with E-state index in [1.165, 1.54) is 18.1 Å². The van der Waals surface area contributed by atoms with E-state index in [4.69, 9.17) is 0 Å². The molecule has 0 aliphatic heterocycles. The molecule has 1 aromatic rings. The van der Waals surface area contributed by atoms with E-state index in [2.05, 4.69) is 4.74 Å². The summed E-state index contributed by atoms with van der Waals surface area (Å²) in [5, 5.41) is 0. The Morgan fingerprint density at radius 1 is 1.20 bits per heavy atom. The molecule has 1 aromatic carbocycles. The lowest BCUT2D eigenvalue weighted by molar-refractivity contribution is -0.141. The fourth-order valence-corrected chi connectivity index (χ4v) is 1.62. The second-order valence-corrected chi connectivity index (χ2v) is 4.39. The van der Waals surface area contributed by atoms with E-state index in [9.17, 15) is 18.4 Å². The smallest absolute Gasteiger partial charge is 0.307 e. The molecule has 0 unspecified atom stereocenters. The highest BCUT2D eigenvalue weighted by Crippen LogP contribution is 2.11. The van der Waals surface area contributed by atoms with Gasteiger partial charge < -0.3 is 9.64 Å². The van der Waals surface area contributed by atoms with Crippen molar-refractivity contribution in [3.8, 4) is 0 Å². The molecule has 0 aliphatic carbocycles. The molecule has 1 rings (SSSR count). The quantitative estimate of drug-likeness (QED) is 0.750. The van der Waals surface area contributed by atoms with Crippen LogP contribution in [0, 0.1) is 11.6 Å². The van der Waals surface area contributed by atoms with Gasteiger partial charge in [-0.1, -0.05) is 6.07 Å². The second kappa shape index (κ2) is 7.57. The third-order valence-corrected chi connectivity index (χ3v) is 2.92. The Bertz CT molecular complexity index is 491. The number of nitrogens with zero attached hydrogens (tertiary/aromatic N) is 1. The molecule has 0 radical (unpaired) electrons. The Labute approximate surface area is 116 Å². The molecule has 110 valence electrons. The predicted octanol–water partition coefficient (Wildman–Crippen LogP) is 1.92. The Morgan fingerprint density at radius 3 is 2.50 bits per heavy atom. The van der Waals surface area contributed by atoms with E-state index in [1.54, 1.807) is 7.05 Å². The number of hydrogen-bond acceptors (Lipinski definition) is 3. The zero-order valence-corrected chi connectivity index (χ0v) is 11.5. The molecule has 0 atom stereocenters. The summed E-state index contributed by atoms with van der Waals surface area (Å²) in [6.45, 7) is 0.267. The van der Waals surface area contributed by atoms with E-state index in [0.29, 0.717) is 12.0 Å². The van der Waals surface area contributed by atoms with E-state index in [1.807, 2.05) is 0 Å². The van der Waals surface area contributed by atoms with Crippen LogP contribution in [0.2, 0.25) is 0 Å². The molecular formula is C14H17F2NO3.